The van der Waals surface area contributed by atoms with Crippen LogP contribution in [0, 0.1) is 23.3 Å². The molecule has 3 aromatic carbocycles. The molecular weight excluding hydrogens is 499 g/mol. The minimum atomic E-state index is -5.71. The lowest BCUT2D eigenvalue weighted by Crippen LogP contribution is -2.25. The van der Waals surface area contributed by atoms with Crippen LogP contribution in [0.25, 0.3) is 11.1 Å². The molecule has 0 fully saturated rings. The number of hydrogen-bond acceptors (Lipinski definition) is 4. The largest absolute Gasteiger partial charge is 0.492 e. The van der Waals surface area contributed by atoms with Gasteiger partial charge >= 0.3 is 12.1 Å². The number of methoxy groups -OCH3 is 1. The number of hydrogen-bond donors (Lipinski definition) is 1. The molecule has 36 heavy (non-hydrogen) atoms. The maximum absolute atomic E-state index is 14.2. The van der Waals surface area contributed by atoms with E-state index in [2.05, 4.69) is 0 Å². The van der Waals surface area contributed by atoms with E-state index in [0.29, 0.717) is 11.1 Å². The van der Waals surface area contributed by atoms with Gasteiger partial charge in [0.25, 0.3) is 0 Å². The van der Waals surface area contributed by atoms with Crippen LogP contribution in [0.15, 0.2) is 42.5 Å². The lowest BCUT2D eigenvalue weighted by molar-refractivity contribution is -0.143. The van der Waals surface area contributed by atoms with Crippen LogP contribution in [-0.2, 0) is 15.7 Å². The van der Waals surface area contributed by atoms with Gasteiger partial charge in [0.2, 0.25) is 5.91 Å². The Morgan fingerprint density at radius 2 is 1.61 bits per heavy atom. The Kier molecular flexibility index (Phi) is 6.37. The number of halogens is 7. The van der Waals surface area contributed by atoms with Crippen molar-refractivity contribution in [3.05, 3.63) is 82.4 Å². The minimum Gasteiger partial charge on any atom is -0.492 e. The van der Waals surface area contributed by atoms with E-state index in [1.165, 1.54) is 25.3 Å². The van der Waals surface area contributed by atoms with Crippen molar-refractivity contribution >= 4 is 17.6 Å². The normalized spacial score (nSPS) is 14.7. The van der Waals surface area contributed by atoms with Crippen molar-refractivity contribution in [1.29, 1.82) is 0 Å². The van der Waals surface area contributed by atoms with Gasteiger partial charge in [-0.3, -0.25) is 4.79 Å². The van der Waals surface area contributed by atoms with Crippen molar-refractivity contribution in [3.63, 3.8) is 0 Å². The smallest absolute Gasteiger partial charge is 0.422 e. The van der Waals surface area contributed by atoms with E-state index in [4.69, 9.17) is 9.47 Å². The van der Waals surface area contributed by atoms with Crippen LogP contribution in [0.4, 0.5) is 36.4 Å². The zero-order chi connectivity index (χ0) is 26.4. The second-order valence-electron chi connectivity index (χ2n) is 7.65. The van der Waals surface area contributed by atoms with E-state index in [9.17, 15) is 40.3 Å². The highest BCUT2D eigenvalue weighted by Gasteiger charge is 2.43. The Hall–Kier alpha value is -4.09. The van der Waals surface area contributed by atoms with Crippen LogP contribution in [-0.4, -0.2) is 25.6 Å². The lowest BCUT2D eigenvalue weighted by Gasteiger charge is -2.16. The molecule has 4 rings (SSSR count). The van der Waals surface area contributed by atoms with Crippen LogP contribution in [0.2, 0.25) is 0 Å². The monoisotopic (exact) mass is 513 g/mol. The topological polar surface area (TPSA) is 64.6 Å². The summed E-state index contributed by atoms with van der Waals surface area (Å²) in [4.78, 5) is 24.9. The summed E-state index contributed by atoms with van der Waals surface area (Å²) in [5.74, 6) is -13.1. The van der Waals surface area contributed by atoms with Gasteiger partial charge in [-0.25, -0.2) is 22.4 Å². The fraction of sp³-hybridized carbons (Fsp3) is 0.167. The lowest BCUT2D eigenvalue weighted by atomic mass is 9.93. The van der Waals surface area contributed by atoms with E-state index >= 15 is 0 Å². The highest BCUT2D eigenvalue weighted by molar-refractivity contribution is 5.99. The second-order valence-corrected chi connectivity index (χ2v) is 7.65. The molecule has 1 N–H and O–H groups in total. The second kappa shape index (κ2) is 9.17. The fourth-order valence-corrected chi connectivity index (χ4v) is 3.82. The number of esters is 1. The van der Waals surface area contributed by atoms with E-state index in [-0.39, 0.29) is 23.5 Å². The molecule has 1 heterocycles. The van der Waals surface area contributed by atoms with E-state index in [1.54, 1.807) is 29.6 Å². The molecule has 3 aromatic rings. The molecule has 0 aromatic heterocycles. The van der Waals surface area contributed by atoms with Gasteiger partial charge in [0.1, 0.15) is 29.5 Å². The first-order valence-corrected chi connectivity index (χ1v) is 10.1. The first-order chi connectivity index (χ1) is 17.0. The third-order valence-electron chi connectivity index (χ3n) is 5.55. The Bertz CT molecular complexity index is 1360. The summed E-state index contributed by atoms with van der Waals surface area (Å²) >= 11 is 0. The summed E-state index contributed by atoms with van der Waals surface area (Å²) in [5, 5.41) is 1.63. The number of ether oxygens (including phenoxy) is 2. The molecule has 1 aliphatic heterocycles. The summed E-state index contributed by atoms with van der Waals surface area (Å²) in [5.41, 5.74) is -3.16. The highest BCUT2D eigenvalue weighted by Crippen LogP contribution is 2.41. The highest BCUT2D eigenvalue weighted by atomic mass is 19.4. The number of benzene rings is 3. The van der Waals surface area contributed by atoms with Gasteiger partial charge in [-0.2, -0.15) is 13.2 Å². The number of rotatable bonds is 4. The summed E-state index contributed by atoms with van der Waals surface area (Å²) in [7, 11) is 1.20. The Labute approximate surface area is 198 Å². The van der Waals surface area contributed by atoms with Crippen LogP contribution in [0.1, 0.15) is 27.4 Å². The Balaban J connectivity index is 1.70. The number of nitrogens with one attached hydrogen (secondary N) is 1. The number of fused-ring (bicyclic) bond motifs is 1. The predicted octanol–water partition coefficient (Wildman–Crippen LogP) is 5.83. The number of anilines is 1. The summed E-state index contributed by atoms with van der Waals surface area (Å²) < 4.78 is 105. The van der Waals surface area contributed by atoms with Crippen LogP contribution in [0.5, 0.6) is 5.75 Å². The molecule has 0 saturated heterocycles. The maximum Gasteiger partial charge on any atom is 0.422 e. The van der Waals surface area contributed by atoms with Gasteiger partial charge in [-0.1, -0.05) is 24.3 Å². The molecule has 0 saturated carbocycles. The predicted molar refractivity (Wildman–Crippen MR) is 111 cm³/mol. The summed E-state index contributed by atoms with van der Waals surface area (Å²) in [6.07, 6.45) is -5.71. The Morgan fingerprint density at radius 3 is 2.22 bits per heavy atom. The standard InChI is InChI=1S/C24H14F7NO4/c1-35-23(34)12-5-3-2-4-11(12)10-6-7-15-13(8-10)14(9-36-15)22(33)32-21-19(27)17(25)16(24(29,30)31)18(26)20(21)28/h2-8,14H,9H2,1H3,(H,32,33). The third kappa shape index (κ3) is 4.23. The maximum atomic E-state index is 14.2. The van der Waals surface area contributed by atoms with Crippen molar-refractivity contribution in [3.8, 4) is 16.9 Å². The van der Waals surface area contributed by atoms with Crippen molar-refractivity contribution < 1.29 is 49.8 Å². The SMILES string of the molecule is COC(=O)c1ccccc1-c1ccc2c(c1)C(C(=O)Nc1c(F)c(F)c(C(F)(F)F)c(F)c1F)CO2. The zero-order valence-electron chi connectivity index (χ0n) is 18.1. The molecule has 0 spiro atoms. The van der Waals surface area contributed by atoms with Crippen LogP contribution >= 0.6 is 0 Å². The first-order valence-electron chi connectivity index (χ1n) is 10.1. The summed E-state index contributed by atoms with van der Waals surface area (Å²) in [6, 6.07) is 10.9. The fourth-order valence-electron chi connectivity index (χ4n) is 3.82. The number of alkyl halides is 3. The molecule has 12 heteroatoms. The van der Waals surface area contributed by atoms with Gasteiger partial charge in [-0.15, -0.1) is 0 Å². The average molecular weight is 513 g/mol. The molecule has 1 atom stereocenters. The van der Waals surface area contributed by atoms with E-state index in [1.807, 2.05) is 0 Å². The van der Waals surface area contributed by atoms with Gasteiger partial charge in [0.05, 0.1) is 12.7 Å². The van der Waals surface area contributed by atoms with Gasteiger partial charge < -0.3 is 14.8 Å². The van der Waals surface area contributed by atoms with Gasteiger partial charge in [-0.05, 0) is 29.3 Å². The number of amides is 1. The van der Waals surface area contributed by atoms with Crippen molar-refractivity contribution in [2.45, 2.75) is 12.1 Å². The molecule has 1 unspecified atom stereocenters. The Morgan fingerprint density at radius 1 is 0.972 bits per heavy atom. The van der Waals surface area contributed by atoms with E-state index < -0.39 is 58.5 Å². The zero-order valence-corrected chi connectivity index (χ0v) is 18.1. The molecule has 188 valence electrons. The van der Waals surface area contributed by atoms with Crippen molar-refractivity contribution in [2.75, 3.05) is 19.0 Å². The molecular formula is C24H14F7NO4. The molecule has 1 amide bonds. The number of carbonyl (C=O) groups excluding carboxylic acids is 2. The molecule has 1 aliphatic rings. The third-order valence-corrected chi connectivity index (χ3v) is 5.55. The first kappa shape index (κ1) is 25.0. The molecule has 0 radical (unpaired) electrons. The molecule has 5 nitrogen and oxygen atoms in total. The quantitative estimate of drug-likeness (QED) is 0.271. The molecule has 0 bridgehead atoms. The number of carbonyl (C=O) groups is 2. The summed E-state index contributed by atoms with van der Waals surface area (Å²) in [6.45, 7) is -0.335. The minimum absolute atomic E-state index is 0.207. The average Bonchev–Trinajstić information content (AvgIpc) is 3.27. The van der Waals surface area contributed by atoms with E-state index in [0.717, 1.165) is 0 Å². The van der Waals surface area contributed by atoms with Gasteiger partial charge in [0.15, 0.2) is 23.3 Å². The van der Waals surface area contributed by atoms with Crippen LogP contribution < -0.4 is 10.1 Å². The van der Waals surface area contributed by atoms with Crippen molar-refractivity contribution in [1.82, 2.24) is 0 Å². The van der Waals surface area contributed by atoms with Crippen molar-refractivity contribution in [2.24, 2.45) is 0 Å². The van der Waals surface area contributed by atoms with Gasteiger partial charge in [0, 0.05) is 5.56 Å². The molecule has 0 aliphatic carbocycles. The van der Waals surface area contributed by atoms with Crippen LogP contribution in [0.3, 0.4) is 0 Å².